The first-order valence-electron chi connectivity index (χ1n) is 8.77. The van der Waals surface area contributed by atoms with Gasteiger partial charge in [-0.1, -0.05) is 0 Å². The van der Waals surface area contributed by atoms with Crippen LogP contribution in [0.15, 0.2) is 48.5 Å². The first kappa shape index (κ1) is 19.7. The summed E-state index contributed by atoms with van der Waals surface area (Å²) in [6, 6.07) is 14.9. The van der Waals surface area contributed by atoms with Gasteiger partial charge >= 0.3 is 0 Å². The van der Waals surface area contributed by atoms with E-state index in [4.69, 9.17) is 17.0 Å². The SMILES string of the molecule is CCOc1ccc(NC(=S)Nc2ccc(C(=O)N(CC)CC)cc2)cc1. The van der Waals surface area contributed by atoms with Gasteiger partial charge in [-0.15, -0.1) is 0 Å². The number of carbonyl (C=O) groups is 1. The Morgan fingerprint density at radius 2 is 1.42 bits per heavy atom. The lowest BCUT2D eigenvalue weighted by molar-refractivity contribution is 0.0773. The van der Waals surface area contributed by atoms with Crippen molar-refractivity contribution >= 4 is 34.6 Å². The Balaban J connectivity index is 1.93. The van der Waals surface area contributed by atoms with E-state index in [1.165, 1.54) is 0 Å². The average molecular weight is 372 g/mol. The van der Waals surface area contributed by atoms with E-state index < -0.39 is 0 Å². The van der Waals surface area contributed by atoms with E-state index in [2.05, 4.69) is 10.6 Å². The molecular formula is C20H25N3O2S. The Morgan fingerprint density at radius 3 is 1.88 bits per heavy atom. The number of anilines is 2. The highest BCUT2D eigenvalue weighted by atomic mass is 32.1. The zero-order valence-corrected chi connectivity index (χ0v) is 16.2. The second-order valence-corrected chi connectivity index (χ2v) is 6.00. The Hall–Kier alpha value is -2.60. The van der Waals surface area contributed by atoms with Crippen LogP contribution in [0.25, 0.3) is 0 Å². The van der Waals surface area contributed by atoms with Crippen molar-refractivity contribution in [1.29, 1.82) is 0 Å². The van der Waals surface area contributed by atoms with Crippen LogP contribution in [0.3, 0.4) is 0 Å². The summed E-state index contributed by atoms with van der Waals surface area (Å²) in [5, 5.41) is 6.72. The zero-order chi connectivity index (χ0) is 18.9. The Bertz CT molecular complexity index is 726. The molecule has 2 aromatic carbocycles. The number of amides is 1. The molecule has 0 fully saturated rings. The molecule has 0 bridgehead atoms. The molecule has 0 unspecified atom stereocenters. The van der Waals surface area contributed by atoms with Crippen LogP contribution in [0.1, 0.15) is 31.1 Å². The van der Waals surface area contributed by atoms with Gasteiger partial charge in [-0.2, -0.15) is 0 Å². The lowest BCUT2D eigenvalue weighted by atomic mass is 10.2. The number of hydrogen-bond acceptors (Lipinski definition) is 3. The Labute approximate surface area is 160 Å². The first-order chi connectivity index (χ1) is 12.6. The molecule has 0 aromatic heterocycles. The van der Waals surface area contributed by atoms with Crippen molar-refractivity contribution in [3.05, 3.63) is 54.1 Å². The van der Waals surface area contributed by atoms with Crippen LogP contribution < -0.4 is 15.4 Å². The minimum absolute atomic E-state index is 0.0386. The Kier molecular flexibility index (Phi) is 7.41. The molecule has 0 atom stereocenters. The van der Waals surface area contributed by atoms with Gasteiger partial charge in [0, 0.05) is 30.0 Å². The third kappa shape index (κ3) is 5.46. The van der Waals surface area contributed by atoms with Gasteiger partial charge in [-0.3, -0.25) is 4.79 Å². The van der Waals surface area contributed by atoms with Crippen LogP contribution in [-0.4, -0.2) is 35.6 Å². The van der Waals surface area contributed by atoms with E-state index in [0.717, 1.165) is 17.1 Å². The van der Waals surface area contributed by atoms with Crippen molar-refractivity contribution in [3.63, 3.8) is 0 Å². The number of ether oxygens (including phenoxy) is 1. The fourth-order valence-corrected chi connectivity index (χ4v) is 2.72. The summed E-state index contributed by atoms with van der Waals surface area (Å²) in [5.41, 5.74) is 2.37. The summed E-state index contributed by atoms with van der Waals surface area (Å²) < 4.78 is 5.42. The molecule has 0 aliphatic carbocycles. The smallest absolute Gasteiger partial charge is 0.253 e. The molecule has 0 spiro atoms. The summed E-state index contributed by atoms with van der Waals surface area (Å²) in [6.45, 7) is 7.94. The molecule has 26 heavy (non-hydrogen) atoms. The summed E-state index contributed by atoms with van der Waals surface area (Å²) in [6.07, 6.45) is 0. The van der Waals surface area contributed by atoms with Crippen molar-refractivity contribution in [2.24, 2.45) is 0 Å². The molecule has 5 nitrogen and oxygen atoms in total. The third-order valence-corrected chi connectivity index (χ3v) is 4.07. The molecule has 2 aromatic rings. The highest BCUT2D eigenvalue weighted by Crippen LogP contribution is 2.17. The van der Waals surface area contributed by atoms with Gasteiger partial charge in [0.2, 0.25) is 0 Å². The van der Waals surface area contributed by atoms with Crippen molar-refractivity contribution < 1.29 is 9.53 Å². The number of carbonyl (C=O) groups excluding carboxylic acids is 1. The van der Waals surface area contributed by atoms with Crippen LogP contribution in [0, 0.1) is 0 Å². The standard InChI is InChI=1S/C20H25N3O2S/c1-4-23(5-2)19(24)15-7-9-16(10-8-15)21-20(26)22-17-11-13-18(14-12-17)25-6-3/h7-14H,4-6H2,1-3H3,(H2,21,22,26). The molecule has 0 heterocycles. The number of nitrogens with zero attached hydrogens (tertiary/aromatic N) is 1. The van der Waals surface area contributed by atoms with Crippen molar-refractivity contribution in [2.75, 3.05) is 30.3 Å². The average Bonchev–Trinajstić information content (AvgIpc) is 2.65. The third-order valence-electron chi connectivity index (χ3n) is 3.86. The molecule has 0 saturated carbocycles. The summed E-state index contributed by atoms with van der Waals surface area (Å²) in [4.78, 5) is 14.1. The maximum Gasteiger partial charge on any atom is 0.253 e. The van der Waals surface area contributed by atoms with E-state index >= 15 is 0 Å². The normalized spacial score (nSPS) is 10.1. The highest BCUT2D eigenvalue weighted by molar-refractivity contribution is 7.80. The summed E-state index contributed by atoms with van der Waals surface area (Å²) in [5.74, 6) is 0.863. The lowest BCUT2D eigenvalue weighted by Crippen LogP contribution is -2.30. The monoisotopic (exact) mass is 371 g/mol. The van der Waals surface area contributed by atoms with Crippen LogP contribution in [0.4, 0.5) is 11.4 Å². The van der Waals surface area contributed by atoms with Crippen LogP contribution >= 0.6 is 12.2 Å². The van der Waals surface area contributed by atoms with E-state index in [9.17, 15) is 4.79 Å². The number of nitrogens with one attached hydrogen (secondary N) is 2. The largest absolute Gasteiger partial charge is 0.494 e. The molecule has 0 saturated heterocycles. The number of rotatable bonds is 7. The van der Waals surface area contributed by atoms with Crippen LogP contribution in [0.2, 0.25) is 0 Å². The second kappa shape index (κ2) is 9.77. The molecule has 6 heteroatoms. The maximum absolute atomic E-state index is 12.3. The molecule has 1 amide bonds. The van der Waals surface area contributed by atoms with E-state index in [-0.39, 0.29) is 5.91 Å². The van der Waals surface area contributed by atoms with Crippen LogP contribution in [-0.2, 0) is 0 Å². The highest BCUT2D eigenvalue weighted by Gasteiger charge is 2.12. The van der Waals surface area contributed by atoms with Crippen molar-refractivity contribution in [2.45, 2.75) is 20.8 Å². The molecule has 2 N–H and O–H groups in total. The molecule has 2 rings (SSSR count). The first-order valence-corrected chi connectivity index (χ1v) is 9.18. The van der Waals surface area contributed by atoms with Gasteiger partial charge in [0.25, 0.3) is 5.91 Å². The van der Waals surface area contributed by atoms with E-state index in [0.29, 0.717) is 30.4 Å². The quantitative estimate of drug-likeness (QED) is 0.708. The van der Waals surface area contributed by atoms with Gasteiger partial charge in [-0.05, 0) is 81.5 Å². The predicted octanol–water partition coefficient (Wildman–Crippen LogP) is 4.38. The minimum Gasteiger partial charge on any atom is -0.494 e. The molecule has 0 radical (unpaired) electrons. The maximum atomic E-state index is 12.3. The number of thiocarbonyl (C=S) groups is 1. The van der Waals surface area contributed by atoms with Crippen molar-refractivity contribution in [1.82, 2.24) is 4.90 Å². The predicted molar refractivity (Wildman–Crippen MR) is 111 cm³/mol. The van der Waals surface area contributed by atoms with E-state index in [1.807, 2.05) is 69.3 Å². The molecule has 138 valence electrons. The van der Waals surface area contributed by atoms with E-state index in [1.54, 1.807) is 4.90 Å². The lowest BCUT2D eigenvalue weighted by Gasteiger charge is -2.18. The number of benzene rings is 2. The van der Waals surface area contributed by atoms with Gasteiger partial charge in [0.15, 0.2) is 5.11 Å². The molecule has 0 aliphatic heterocycles. The Morgan fingerprint density at radius 1 is 0.923 bits per heavy atom. The summed E-state index contributed by atoms with van der Waals surface area (Å²) >= 11 is 5.34. The fourth-order valence-electron chi connectivity index (χ4n) is 2.48. The second-order valence-electron chi connectivity index (χ2n) is 5.59. The number of hydrogen-bond donors (Lipinski definition) is 2. The minimum atomic E-state index is 0.0386. The van der Waals surface area contributed by atoms with Gasteiger partial charge in [0.05, 0.1) is 6.61 Å². The summed E-state index contributed by atoms with van der Waals surface area (Å²) in [7, 11) is 0. The molecular weight excluding hydrogens is 346 g/mol. The molecule has 0 aliphatic rings. The van der Waals surface area contributed by atoms with Gasteiger partial charge in [-0.25, -0.2) is 0 Å². The fraction of sp³-hybridized carbons (Fsp3) is 0.300. The van der Waals surface area contributed by atoms with Gasteiger partial charge in [0.1, 0.15) is 5.75 Å². The van der Waals surface area contributed by atoms with Crippen LogP contribution in [0.5, 0.6) is 5.75 Å². The zero-order valence-electron chi connectivity index (χ0n) is 15.4. The topological polar surface area (TPSA) is 53.6 Å². The van der Waals surface area contributed by atoms with Crippen molar-refractivity contribution in [3.8, 4) is 5.75 Å². The van der Waals surface area contributed by atoms with Gasteiger partial charge < -0.3 is 20.3 Å².